The zero-order valence-electron chi connectivity index (χ0n) is 23.0. The van der Waals surface area contributed by atoms with Crippen molar-refractivity contribution in [3.05, 3.63) is 95.7 Å². The highest BCUT2D eigenvalue weighted by molar-refractivity contribution is 5.97. The molecule has 9 heteroatoms. The van der Waals surface area contributed by atoms with Gasteiger partial charge in [0.15, 0.2) is 0 Å². The first-order chi connectivity index (χ1) is 20.1. The highest BCUT2D eigenvalue weighted by Gasteiger charge is 2.43. The number of pyridine rings is 1. The van der Waals surface area contributed by atoms with Crippen molar-refractivity contribution in [2.45, 2.75) is 37.4 Å². The third kappa shape index (κ3) is 5.95. The minimum atomic E-state index is -0.369. The van der Waals surface area contributed by atoms with Gasteiger partial charge in [0.25, 0.3) is 11.8 Å². The largest absolute Gasteiger partial charge is 0.475 e. The number of nitrogens with one attached hydrogen (secondary N) is 1. The lowest BCUT2D eigenvalue weighted by Crippen LogP contribution is -2.61. The number of benzene rings is 2. The predicted octanol–water partition coefficient (Wildman–Crippen LogP) is 2.63. The van der Waals surface area contributed by atoms with Crippen LogP contribution in [0.5, 0.6) is 5.88 Å². The van der Waals surface area contributed by atoms with Crippen LogP contribution in [0.4, 0.5) is 0 Å². The molecule has 41 heavy (non-hydrogen) atoms. The van der Waals surface area contributed by atoms with Crippen LogP contribution in [0.15, 0.2) is 79.0 Å². The van der Waals surface area contributed by atoms with E-state index in [1.54, 1.807) is 23.2 Å². The summed E-state index contributed by atoms with van der Waals surface area (Å²) < 4.78 is 6.10. The fourth-order valence-corrected chi connectivity index (χ4v) is 6.19. The molecule has 2 aromatic carbocycles. The Balaban J connectivity index is 1.25. The Morgan fingerprint density at radius 1 is 0.951 bits per heavy atom. The molecule has 3 aliphatic heterocycles. The molecule has 3 atom stereocenters. The summed E-state index contributed by atoms with van der Waals surface area (Å²) in [7, 11) is 0. The van der Waals surface area contributed by atoms with E-state index in [4.69, 9.17) is 4.74 Å². The van der Waals surface area contributed by atoms with E-state index < -0.39 is 0 Å². The molecular weight excluding hydrogens is 518 g/mol. The highest BCUT2D eigenvalue weighted by Crippen LogP contribution is 2.26. The fourth-order valence-electron chi connectivity index (χ4n) is 6.19. The van der Waals surface area contributed by atoms with Crippen LogP contribution in [-0.4, -0.2) is 94.9 Å². The van der Waals surface area contributed by atoms with Gasteiger partial charge in [0, 0.05) is 44.0 Å². The monoisotopic (exact) mass is 553 g/mol. The molecule has 2 saturated heterocycles. The minimum absolute atomic E-state index is 0.0312. The van der Waals surface area contributed by atoms with Crippen molar-refractivity contribution in [3.63, 3.8) is 0 Å². The predicted molar refractivity (Wildman–Crippen MR) is 154 cm³/mol. The van der Waals surface area contributed by atoms with Gasteiger partial charge in [-0.2, -0.15) is 0 Å². The number of piperazine rings is 1. The molecule has 3 amide bonds. The second-order valence-electron chi connectivity index (χ2n) is 11.0. The second kappa shape index (κ2) is 12.1. The lowest BCUT2D eigenvalue weighted by molar-refractivity contribution is -0.141. The van der Waals surface area contributed by atoms with E-state index in [1.807, 2.05) is 53.4 Å². The standard InChI is InChI=1S/C32H35N5O4/c38-29-27-14-7-15-33-30(27)41-22-26-21-36(31(39)24-12-5-2-6-13-24)17-18-37(26)32(40)28-19-25(34-29)20-35(28)16-8-11-23-9-3-1-4-10-23/h1-7,9-10,12-15,25-26,28H,8,11,16-22H2,(H,34,38)/t25-,26-,28-/m0/s1. The Hall–Kier alpha value is -4.24. The molecule has 0 spiro atoms. The number of carbonyl (C=O) groups excluding carboxylic acids is 3. The van der Waals surface area contributed by atoms with Gasteiger partial charge in [0.1, 0.15) is 12.2 Å². The van der Waals surface area contributed by atoms with Gasteiger partial charge in [0.2, 0.25) is 11.8 Å². The van der Waals surface area contributed by atoms with Crippen LogP contribution in [0.3, 0.4) is 0 Å². The Morgan fingerprint density at radius 3 is 2.54 bits per heavy atom. The molecule has 1 N–H and O–H groups in total. The van der Waals surface area contributed by atoms with Gasteiger partial charge < -0.3 is 19.9 Å². The number of fused-ring (bicyclic) bond motifs is 4. The van der Waals surface area contributed by atoms with Crippen molar-refractivity contribution < 1.29 is 19.1 Å². The second-order valence-corrected chi connectivity index (χ2v) is 11.0. The number of amides is 3. The number of hydrogen-bond donors (Lipinski definition) is 1. The number of likely N-dealkylation sites (tertiary alicyclic amines) is 1. The number of carbonyl (C=O) groups is 3. The van der Waals surface area contributed by atoms with Gasteiger partial charge in [-0.25, -0.2) is 4.98 Å². The van der Waals surface area contributed by atoms with Crippen molar-refractivity contribution in [1.82, 2.24) is 25.0 Å². The molecule has 0 radical (unpaired) electrons. The maximum atomic E-state index is 14.2. The molecule has 1 aromatic heterocycles. The molecule has 9 nitrogen and oxygen atoms in total. The normalized spacial score (nSPS) is 23.0. The summed E-state index contributed by atoms with van der Waals surface area (Å²) >= 11 is 0. The molecule has 0 aliphatic carbocycles. The molecule has 212 valence electrons. The average molecular weight is 554 g/mol. The summed E-state index contributed by atoms with van der Waals surface area (Å²) in [5.74, 6) is -0.0509. The summed E-state index contributed by atoms with van der Waals surface area (Å²) in [6.07, 6.45) is 3.97. The fraction of sp³-hybridized carbons (Fsp3) is 0.375. The average Bonchev–Trinajstić information content (AvgIpc) is 3.42. The van der Waals surface area contributed by atoms with Crippen molar-refractivity contribution in [2.75, 3.05) is 39.3 Å². The molecular formula is C32H35N5O4. The number of aromatic nitrogens is 1. The molecule has 2 fully saturated rings. The number of rotatable bonds is 5. The van der Waals surface area contributed by atoms with Gasteiger partial charge in [-0.15, -0.1) is 0 Å². The molecule has 0 unspecified atom stereocenters. The maximum Gasteiger partial charge on any atom is 0.257 e. The zero-order chi connectivity index (χ0) is 28.2. The summed E-state index contributed by atoms with van der Waals surface area (Å²) in [6, 6.07) is 22.1. The lowest BCUT2D eigenvalue weighted by atomic mass is 10.1. The third-order valence-electron chi connectivity index (χ3n) is 8.28. The van der Waals surface area contributed by atoms with Crippen molar-refractivity contribution >= 4 is 17.7 Å². The molecule has 3 aliphatic rings. The quantitative estimate of drug-likeness (QED) is 0.522. The Morgan fingerprint density at radius 2 is 1.73 bits per heavy atom. The first-order valence-corrected chi connectivity index (χ1v) is 14.4. The lowest BCUT2D eigenvalue weighted by Gasteiger charge is -2.43. The summed E-state index contributed by atoms with van der Waals surface area (Å²) in [6.45, 7) is 2.70. The minimum Gasteiger partial charge on any atom is -0.475 e. The van der Waals surface area contributed by atoms with Gasteiger partial charge >= 0.3 is 0 Å². The molecule has 2 bridgehead atoms. The van der Waals surface area contributed by atoms with E-state index in [9.17, 15) is 14.4 Å². The number of hydrogen-bond acceptors (Lipinski definition) is 6. The van der Waals surface area contributed by atoms with E-state index in [2.05, 4.69) is 27.3 Å². The zero-order valence-corrected chi connectivity index (χ0v) is 23.0. The summed E-state index contributed by atoms with van der Waals surface area (Å²) in [4.78, 5) is 51.0. The van der Waals surface area contributed by atoms with Crippen LogP contribution in [0.25, 0.3) is 0 Å². The van der Waals surface area contributed by atoms with E-state index >= 15 is 0 Å². The van der Waals surface area contributed by atoms with Crippen LogP contribution >= 0.6 is 0 Å². The SMILES string of the molecule is O=C1N[C@H]2C[C@@H](C(=O)N3CCN(C(=O)c4ccccc4)C[C@H]3COc3ncccc31)N(CCCc1ccccc1)C2. The van der Waals surface area contributed by atoms with E-state index in [-0.39, 0.29) is 48.3 Å². The molecule has 4 heterocycles. The van der Waals surface area contributed by atoms with Crippen LogP contribution < -0.4 is 10.1 Å². The van der Waals surface area contributed by atoms with Gasteiger partial charge in [-0.05, 0) is 55.6 Å². The molecule has 3 aromatic rings. The van der Waals surface area contributed by atoms with E-state index in [0.29, 0.717) is 43.7 Å². The number of ether oxygens (including phenoxy) is 1. The Kier molecular flexibility index (Phi) is 7.95. The molecule has 0 saturated carbocycles. The van der Waals surface area contributed by atoms with Crippen LogP contribution in [0, 0.1) is 0 Å². The van der Waals surface area contributed by atoms with Gasteiger partial charge in [-0.1, -0.05) is 48.5 Å². The van der Waals surface area contributed by atoms with Crippen LogP contribution in [-0.2, 0) is 11.2 Å². The maximum absolute atomic E-state index is 14.2. The number of aryl methyl sites for hydroxylation is 1. The number of nitrogens with zero attached hydrogens (tertiary/aromatic N) is 4. The third-order valence-corrected chi connectivity index (χ3v) is 8.28. The Labute approximate surface area is 240 Å². The Bertz CT molecular complexity index is 1390. The first-order valence-electron chi connectivity index (χ1n) is 14.4. The van der Waals surface area contributed by atoms with E-state index in [0.717, 1.165) is 19.4 Å². The molecule has 6 rings (SSSR count). The van der Waals surface area contributed by atoms with Crippen molar-refractivity contribution in [3.8, 4) is 5.88 Å². The highest BCUT2D eigenvalue weighted by atomic mass is 16.5. The summed E-state index contributed by atoms with van der Waals surface area (Å²) in [5.41, 5.74) is 2.26. The van der Waals surface area contributed by atoms with E-state index in [1.165, 1.54) is 5.56 Å². The van der Waals surface area contributed by atoms with Crippen LogP contribution in [0.2, 0.25) is 0 Å². The van der Waals surface area contributed by atoms with Crippen molar-refractivity contribution in [2.24, 2.45) is 0 Å². The first kappa shape index (κ1) is 27.0. The summed E-state index contributed by atoms with van der Waals surface area (Å²) in [5, 5.41) is 3.13. The topological polar surface area (TPSA) is 95.1 Å². The van der Waals surface area contributed by atoms with Gasteiger partial charge in [0.05, 0.1) is 12.1 Å². The smallest absolute Gasteiger partial charge is 0.257 e. The van der Waals surface area contributed by atoms with Crippen LogP contribution in [0.1, 0.15) is 39.1 Å². The van der Waals surface area contributed by atoms with Gasteiger partial charge in [-0.3, -0.25) is 19.3 Å². The van der Waals surface area contributed by atoms with Crippen molar-refractivity contribution in [1.29, 1.82) is 0 Å².